The van der Waals surface area contributed by atoms with Gasteiger partial charge in [0.1, 0.15) is 6.54 Å². The molecule has 0 bridgehead atoms. The van der Waals surface area contributed by atoms with Crippen LogP contribution in [0.3, 0.4) is 0 Å². The molecule has 6 heteroatoms. The minimum Gasteiger partial charge on any atom is -0.258 e. The van der Waals surface area contributed by atoms with Crippen LogP contribution in [0, 0.1) is 22.5 Å². The van der Waals surface area contributed by atoms with E-state index in [-0.39, 0.29) is 12.2 Å². The predicted molar refractivity (Wildman–Crippen MR) is 61.6 cm³/mol. The van der Waals surface area contributed by atoms with Gasteiger partial charge in [0.05, 0.1) is 14.7 Å². The van der Waals surface area contributed by atoms with Crippen molar-refractivity contribution in [3.8, 4) is 12.3 Å². The van der Waals surface area contributed by atoms with Gasteiger partial charge in [-0.3, -0.25) is 10.1 Å². The van der Waals surface area contributed by atoms with Crippen molar-refractivity contribution in [2.45, 2.75) is 4.90 Å². The summed E-state index contributed by atoms with van der Waals surface area (Å²) in [6, 6.07) is 5.45. The zero-order chi connectivity index (χ0) is 12.2. The van der Waals surface area contributed by atoms with Crippen LogP contribution in [0.4, 0.5) is 5.69 Å². The number of hydrogen-bond donors (Lipinski definition) is 0. The summed E-state index contributed by atoms with van der Waals surface area (Å²) in [6.07, 6.45) is 6.47. The fourth-order valence-corrected chi connectivity index (χ4v) is 2.17. The molecule has 1 unspecified atom stereocenters. The maximum atomic E-state index is 12.0. The van der Waals surface area contributed by atoms with Gasteiger partial charge in [-0.05, 0) is 12.1 Å². The highest BCUT2D eigenvalue weighted by Crippen LogP contribution is 2.16. The largest absolute Gasteiger partial charge is 0.269 e. The Morgan fingerprint density at radius 1 is 1.50 bits per heavy atom. The Morgan fingerprint density at radius 3 is 2.50 bits per heavy atom. The Balaban J connectivity index is 3.12. The van der Waals surface area contributed by atoms with Crippen LogP contribution < -0.4 is 0 Å². The summed E-state index contributed by atoms with van der Waals surface area (Å²) >= 11 is 0. The van der Waals surface area contributed by atoms with Gasteiger partial charge in [-0.1, -0.05) is 5.92 Å². The molecule has 0 saturated carbocycles. The zero-order valence-electron chi connectivity index (χ0n) is 8.62. The SMILES string of the molecule is C#CCN=S(C)(=O)c1ccc([N+](=O)[O-])cc1. The fraction of sp³-hybridized carbons (Fsp3) is 0.200. The summed E-state index contributed by atoms with van der Waals surface area (Å²) in [5.74, 6) is 2.27. The first kappa shape index (κ1) is 12.2. The summed E-state index contributed by atoms with van der Waals surface area (Å²) in [4.78, 5) is 10.3. The topological polar surface area (TPSA) is 72.6 Å². The molecular weight excluding hydrogens is 228 g/mol. The number of terminal acetylenes is 1. The first-order chi connectivity index (χ1) is 7.47. The summed E-state index contributed by atoms with van der Waals surface area (Å²) in [7, 11) is -2.55. The van der Waals surface area contributed by atoms with Crippen molar-refractivity contribution in [2.75, 3.05) is 12.8 Å². The van der Waals surface area contributed by atoms with E-state index in [2.05, 4.69) is 10.3 Å². The Morgan fingerprint density at radius 2 is 2.06 bits per heavy atom. The van der Waals surface area contributed by atoms with Gasteiger partial charge < -0.3 is 0 Å². The molecule has 0 amide bonds. The quantitative estimate of drug-likeness (QED) is 0.457. The molecule has 0 aliphatic carbocycles. The van der Waals surface area contributed by atoms with Gasteiger partial charge >= 0.3 is 0 Å². The maximum Gasteiger partial charge on any atom is 0.269 e. The normalized spacial score (nSPS) is 13.5. The lowest BCUT2D eigenvalue weighted by atomic mass is 10.3. The van der Waals surface area contributed by atoms with Crippen molar-refractivity contribution in [3.05, 3.63) is 34.4 Å². The van der Waals surface area contributed by atoms with E-state index >= 15 is 0 Å². The second-order valence-electron chi connectivity index (χ2n) is 3.04. The van der Waals surface area contributed by atoms with Gasteiger partial charge in [0.15, 0.2) is 0 Å². The van der Waals surface area contributed by atoms with Gasteiger partial charge in [0, 0.05) is 23.3 Å². The summed E-state index contributed by atoms with van der Waals surface area (Å²) in [6.45, 7) is 0.0618. The lowest BCUT2D eigenvalue weighted by molar-refractivity contribution is -0.384. The van der Waals surface area contributed by atoms with E-state index in [4.69, 9.17) is 6.42 Å². The molecule has 0 radical (unpaired) electrons. The molecule has 0 heterocycles. The fourth-order valence-electron chi connectivity index (χ4n) is 1.06. The van der Waals surface area contributed by atoms with Crippen molar-refractivity contribution >= 4 is 15.4 Å². The van der Waals surface area contributed by atoms with Crippen LogP contribution in [-0.4, -0.2) is 21.9 Å². The second-order valence-corrected chi connectivity index (χ2v) is 5.38. The molecule has 0 saturated heterocycles. The Labute approximate surface area is 93.8 Å². The van der Waals surface area contributed by atoms with Crippen LogP contribution in [0.25, 0.3) is 0 Å². The van der Waals surface area contributed by atoms with Crippen LogP contribution in [0.2, 0.25) is 0 Å². The first-order valence-corrected chi connectivity index (χ1v) is 6.25. The first-order valence-electron chi connectivity index (χ1n) is 4.33. The van der Waals surface area contributed by atoms with E-state index in [0.29, 0.717) is 4.90 Å². The molecule has 0 fully saturated rings. The summed E-state index contributed by atoms with van der Waals surface area (Å²) in [5.41, 5.74) is -0.0455. The Bertz CT molecular complexity index is 548. The lowest BCUT2D eigenvalue weighted by Crippen LogP contribution is -1.99. The van der Waals surface area contributed by atoms with Crippen LogP contribution in [-0.2, 0) is 9.73 Å². The zero-order valence-corrected chi connectivity index (χ0v) is 9.44. The molecule has 1 atom stereocenters. The van der Waals surface area contributed by atoms with Gasteiger partial charge in [0.25, 0.3) is 5.69 Å². The average molecular weight is 238 g/mol. The third-order valence-electron chi connectivity index (χ3n) is 1.89. The highest BCUT2D eigenvalue weighted by atomic mass is 32.2. The molecular formula is C10H10N2O3S. The molecule has 84 valence electrons. The minimum absolute atomic E-state index is 0.0455. The van der Waals surface area contributed by atoms with Crippen LogP contribution in [0.15, 0.2) is 33.5 Å². The van der Waals surface area contributed by atoms with Gasteiger partial charge in [-0.25, -0.2) is 8.57 Å². The van der Waals surface area contributed by atoms with Gasteiger partial charge in [-0.2, -0.15) is 0 Å². The standard InChI is InChI=1S/C10H10N2O3S/c1-3-8-11-16(2,15)10-6-4-9(5-7-10)12(13)14/h1,4-7H,8H2,2H3. The number of rotatable bonds is 3. The third-order valence-corrected chi connectivity index (χ3v) is 3.66. The van der Waals surface area contributed by atoms with Crippen molar-refractivity contribution < 1.29 is 9.13 Å². The van der Waals surface area contributed by atoms with Crippen molar-refractivity contribution in [2.24, 2.45) is 4.36 Å². The molecule has 0 aromatic heterocycles. The maximum absolute atomic E-state index is 12.0. The number of non-ortho nitro benzene ring substituents is 1. The Hall–Kier alpha value is -1.87. The molecule has 0 N–H and O–H groups in total. The number of nitro benzene ring substituents is 1. The van der Waals surface area contributed by atoms with Gasteiger partial charge in [0.2, 0.25) is 0 Å². The van der Waals surface area contributed by atoms with Crippen LogP contribution in [0.5, 0.6) is 0 Å². The van der Waals surface area contributed by atoms with Crippen molar-refractivity contribution in [3.63, 3.8) is 0 Å². The van der Waals surface area contributed by atoms with Crippen LogP contribution >= 0.6 is 0 Å². The number of hydrogen-bond acceptors (Lipinski definition) is 4. The van der Waals surface area contributed by atoms with Crippen LogP contribution in [0.1, 0.15) is 0 Å². The van der Waals surface area contributed by atoms with E-state index in [1.54, 1.807) is 0 Å². The molecule has 0 aliphatic rings. The highest BCUT2D eigenvalue weighted by Gasteiger charge is 2.09. The molecule has 1 rings (SSSR count). The molecule has 5 nitrogen and oxygen atoms in total. The molecule has 16 heavy (non-hydrogen) atoms. The third kappa shape index (κ3) is 2.81. The number of nitrogens with zero attached hydrogens (tertiary/aromatic N) is 2. The molecule has 0 spiro atoms. The molecule has 1 aromatic rings. The van der Waals surface area contributed by atoms with E-state index in [1.807, 2.05) is 0 Å². The molecule has 1 aromatic carbocycles. The predicted octanol–water partition coefficient (Wildman–Crippen LogP) is 1.68. The second kappa shape index (κ2) is 4.77. The highest BCUT2D eigenvalue weighted by molar-refractivity contribution is 7.93. The summed E-state index contributed by atoms with van der Waals surface area (Å²) < 4.78 is 15.8. The van der Waals surface area contributed by atoms with Gasteiger partial charge in [-0.15, -0.1) is 6.42 Å². The average Bonchev–Trinajstić information content (AvgIpc) is 2.26. The van der Waals surface area contributed by atoms with Crippen molar-refractivity contribution in [1.82, 2.24) is 0 Å². The number of benzene rings is 1. The van der Waals surface area contributed by atoms with Crippen molar-refractivity contribution in [1.29, 1.82) is 0 Å². The monoisotopic (exact) mass is 238 g/mol. The lowest BCUT2D eigenvalue weighted by Gasteiger charge is -2.02. The molecule has 0 aliphatic heterocycles. The smallest absolute Gasteiger partial charge is 0.258 e. The van der Waals surface area contributed by atoms with E-state index in [1.165, 1.54) is 30.5 Å². The summed E-state index contributed by atoms with van der Waals surface area (Å²) in [5, 5.41) is 10.4. The van der Waals surface area contributed by atoms with E-state index in [9.17, 15) is 14.3 Å². The van der Waals surface area contributed by atoms with E-state index in [0.717, 1.165) is 0 Å². The number of nitro groups is 1. The minimum atomic E-state index is -2.55. The Kier molecular flexibility index (Phi) is 3.64. The van der Waals surface area contributed by atoms with E-state index < -0.39 is 14.7 Å².